The first-order valence-electron chi connectivity index (χ1n) is 8.42. The number of nitrogens with zero attached hydrogens (tertiary/aromatic N) is 1. The van der Waals surface area contributed by atoms with Gasteiger partial charge in [0.2, 0.25) is 0 Å². The number of halogens is 1. The molecule has 2 nitrogen and oxygen atoms in total. The van der Waals surface area contributed by atoms with Crippen LogP contribution in [-0.4, -0.2) is 29.6 Å². The zero-order valence-corrected chi connectivity index (χ0v) is 16.1. The minimum Gasteiger partial charge on any atom is -1.00 e. The van der Waals surface area contributed by atoms with Crippen LogP contribution in [0.1, 0.15) is 33.3 Å². The van der Waals surface area contributed by atoms with Gasteiger partial charge in [0, 0.05) is 33.4 Å². The highest BCUT2D eigenvalue weighted by Crippen LogP contribution is 2.51. The van der Waals surface area contributed by atoms with Gasteiger partial charge < -0.3 is 22.4 Å². The van der Waals surface area contributed by atoms with Crippen molar-refractivity contribution in [3.63, 3.8) is 0 Å². The van der Waals surface area contributed by atoms with E-state index in [1.807, 2.05) is 12.1 Å². The van der Waals surface area contributed by atoms with E-state index in [1.54, 1.807) is 11.8 Å². The van der Waals surface area contributed by atoms with Crippen LogP contribution in [0.4, 0.5) is 0 Å². The van der Waals surface area contributed by atoms with Crippen molar-refractivity contribution in [2.75, 3.05) is 19.6 Å². The van der Waals surface area contributed by atoms with E-state index in [9.17, 15) is 5.11 Å². The molecule has 1 aliphatic rings. The molecule has 1 unspecified atom stereocenters. The molecule has 0 spiro atoms. The molecule has 0 aliphatic carbocycles. The van der Waals surface area contributed by atoms with Gasteiger partial charge in [-0.1, -0.05) is 68.9 Å². The second kappa shape index (κ2) is 7.92. The third kappa shape index (κ3) is 3.23. The summed E-state index contributed by atoms with van der Waals surface area (Å²) in [5.74, 6) is 0.116. The van der Waals surface area contributed by atoms with Crippen molar-refractivity contribution < 1.29 is 18.9 Å². The summed E-state index contributed by atoms with van der Waals surface area (Å²) in [5.41, 5.74) is 1.16. The van der Waals surface area contributed by atoms with Crippen LogP contribution in [0.3, 0.4) is 0 Å². The minimum atomic E-state index is -0.930. The molecule has 0 saturated carbocycles. The molecule has 0 bridgehead atoms. The lowest BCUT2D eigenvalue weighted by Crippen LogP contribution is -3.00. The summed E-state index contributed by atoms with van der Waals surface area (Å²) in [5, 5.41) is 11.8. The standard InChI is InChI=1S/C20H25NOS.ClH/c1-4-21(5-2)14-15(3)20(22)16-10-6-8-12-18(16)23-19-13-9-7-11-17(19)20;/h6-13,15,22H,4-5,14H2,1-3H3;1H. The van der Waals surface area contributed by atoms with Gasteiger partial charge in [0.1, 0.15) is 5.60 Å². The molecule has 2 aromatic carbocycles. The summed E-state index contributed by atoms with van der Waals surface area (Å²) in [6.07, 6.45) is 0. The van der Waals surface area contributed by atoms with Crippen molar-refractivity contribution in [1.29, 1.82) is 0 Å². The zero-order chi connectivity index (χ0) is 16.4. The summed E-state index contributed by atoms with van der Waals surface area (Å²) >= 11 is 1.76. The molecule has 0 aromatic heterocycles. The lowest BCUT2D eigenvalue weighted by atomic mass is 9.76. The second-order valence-corrected chi connectivity index (χ2v) is 7.33. The molecule has 0 fully saturated rings. The monoisotopic (exact) mass is 363 g/mol. The quantitative estimate of drug-likeness (QED) is 0.870. The van der Waals surface area contributed by atoms with Crippen molar-refractivity contribution in [3.8, 4) is 0 Å². The Morgan fingerprint density at radius 2 is 1.46 bits per heavy atom. The third-order valence-electron chi connectivity index (χ3n) is 4.95. The summed E-state index contributed by atoms with van der Waals surface area (Å²) in [4.78, 5) is 4.72. The minimum absolute atomic E-state index is 0. The van der Waals surface area contributed by atoms with Crippen LogP contribution in [0, 0.1) is 5.92 Å². The van der Waals surface area contributed by atoms with Gasteiger partial charge in [-0.25, -0.2) is 0 Å². The van der Waals surface area contributed by atoms with Crippen LogP contribution in [0.25, 0.3) is 0 Å². The molecule has 2 aromatic rings. The van der Waals surface area contributed by atoms with Crippen molar-refractivity contribution in [2.24, 2.45) is 5.92 Å². The van der Waals surface area contributed by atoms with Gasteiger partial charge in [-0.3, -0.25) is 0 Å². The molecular weight excluding hydrogens is 338 g/mol. The Bertz CT molecular complexity index is 647. The van der Waals surface area contributed by atoms with E-state index in [1.165, 1.54) is 9.79 Å². The van der Waals surface area contributed by atoms with Crippen LogP contribution < -0.4 is 12.4 Å². The van der Waals surface area contributed by atoms with E-state index in [0.29, 0.717) is 0 Å². The maximum absolute atomic E-state index is 11.8. The van der Waals surface area contributed by atoms with Crippen LogP contribution in [0.2, 0.25) is 0 Å². The lowest BCUT2D eigenvalue weighted by molar-refractivity contribution is -0.0000561. The number of aliphatic hydroxyl groups is 1. The molecule has 4 heteroatoms. The molecule has 1 N–H and O–H groups in total. The predicted octanol–water partition coefficient (Wildman–Crippen LogP) is 1.48. The van der Waals surface area contributed by atoms with Gasteiger partial charge in [0.15, 0.2) is 0 Å². The molecule has 1 atom stereocenters. The smallest absolute Gasteiger partial charge is 1.00 e. The fourth-order valence-corrected chi connectivity index (χ4v) is 4.73. The summed E-state index contributed by atoms with van der Waals surface area (Å²) in [6, 6.07) is 16.6. The van der Waals surface area contributed by atoms with Gasteiger partial charge in [-0.2, -0.15) is 0 Å². The van der Waals surface area contributed by atoms with E-state index in [4.69, 9.17) is 0 Å². The first-order chi connectivity index (χ1) is 11.1. The highest BCUT2D eigenvalue weighted by molar-refractivity contribution is 7.99. The molecule has 130 valence electrons. The normalized spacial score (nSPS) is 16.0. The Balaban J connectivity index is 0.00000156. The van der Waals surface area contributed by atoms with Gasteiger partial charge in [0.05, 0.1) is 0 Å². The van der Waals surface area contributed by atoms with Crippen molar-refractivity contribution in [1.82, 2.24) is 4.90 Å². The van der Waals surface area contributed by atoms with E-state index in [0.717, 1.165) is 30.8 Å². The molecule has 1 aliphatic heterocycles. The van der Waals surface area contributed by atoms with Crippen LogP contribution in [0.15, 0.2) is 58.3 Å². The van der Waals surface area contributed by atoms with Gasteiger partial charge >= 0.3 is 1.43 Å². The van der Waals surface area contributed by atoms with E-state index >= 15 is 0 Å². The third-order valence-corrected chi connectivity index (χ3v) is 6.11. The number of fused-ring (bicyclic) bond motifs is 2. The fourth-order valence-electron chi connectivity index (χ4n) is 3.54. The molecule has 0 saturated heterocycles. The SMILES string of the molecule is CCN(CC)CC(C)C1(O)c2ccccc2Sc2ccccc21.[Cl-].[H+]. The lowest BCUT2D eigenvalue weighted by Gasteiger charge is -2.42. The molecule has 3 rings (SSSR count). The second-order valence-electron chi connectivity index (χ2n) is 6.25. The number of benzene rings is 2. The first-order valence-corrected chi connectivity index (χ1v) is 9.24. The van der Waals surface area contributed by atoms with Crippen molar-refractivity contribution in [3.05, 3.63) is 59.7 Å². The maximum atomic E-state index is 11.8. The van der Waals surface area contributed by atoms with Crippen molar-refractivity contribution >= 4 is 11.8 Å². The van der Waals surface area contributed by atoms with E-state index < -0.39 is 5.60 Å². The van der Waals surface area contributed by atoms with Gasteiger partial charge in [-0.05, 0) is 25.2 Å². The molecular formula is C20H26ClNOS. The number of hydrogen-bond donors (Lipinski definition) is 1. The van der Waals surface area contributed by atoms with Crippen LogP contribution in [-0.2, 0) is 5.60 Å². The highest BCUT2D eigenvalue weighted by atomic mass is 35.5. The summed E-state index contributed by atoms with van der Waals surface area (Å²) < 4.78 is 0. The molecule has 0 amide bonds. The first kappa shape index (κ1) is 19.3. The Hall–Kier alpha value is -1.00. The average molecular weight is 364 g/mol. The molecule has 1 heterocycles. The Morgan fingerprint density at radius 3 is 1.92 bits per heavy atom. The van der Waals surface area contributed by atoms with E-state index in [-0.39, 0.29) is 19.8 Å². The maximum Gasteiger partial charge on any atom is 1.00 e. The Morgan fingerprint density at radius 1 is 1.00 bits per heavy atom. The van der Waals surface area contributed by atoms with Crippen LogP contribution in [0.5, 0.6) is 0 Å². The summed E-state index contributed by atoms with van der Waals surface area (Å²) in [7, 11) is 0. The van der Waals surface area contributed by atoms with Gasteiger partial charge in [0.25, 0.3) is 0 Å². The molecule has 0 radical (unpaired) electrons. The van der Waals surface area contributed by atoms with Crippen LogP contribution >= 0.6 is 11.8 Å². The number of rotatable bonds is 5. The average Bonchev–Trinajstić information content (AvgIpc) is 2.59. The number of hydrogen-bond acceptors (Lipinski definition) is 3. The largest absolute Gasteiger partial charge is 1.00 e. The fraction of sp³-hybridized carbons (Fsp3) is 0.400. The topological polar surface area (TPSA) is 23.5 Å². The van der Waals surface area contributed by atoms with Crippen molar-refractivity contribution in [2.45, 2.75) is 36.2 Å². The van der Waals surface area contributed by atoms with E-state index in [2.05, 4.69) is 62.1 Å². The van der Waals surface area contributed by atoms with Gasteiger partial charge in [-0.15, -0.1) is 0 Å². The zero-order valence-electron chi connectivity index (χ0n) is 15.5. The Labute approximate surface area is 157 Å². The Kier molecular flexibility index (Phi) is 6.38. The highest BCUT2D eigenvalue weighted by Gasteiger charge is 2.43. The summed E-state index contributed by atoms with van der Waals surface area (Å²) in [6.45, 7) is 9.43. The predicted molar refractivity (Wildman–Crippen MR) is 98.1 cm³/mol. The molecule has 24 heavy (non-hydrogen) atoms.